The number of hydrogen-bond donors (Lipinski definition) is 0. The van der Waals surface area contributed by atoms with Gasteiger partial charge in [0.2, 0.25) is 15.9 Å². The molecule has 8 heteroatoms. The van der Waals surface area contributed by atoms with E-state index in [-0.39, 0.29) is 15.8 Å². The molecule has 3 rings (SSSR count). The Hall–Kier alpha value is -1.15. The van der Waals surface area contributed by atoms with Crippen molar-refractivity contribution in [1.82, 2.24) is 14.1 Å². The Kier molecular flexibility index (Phi) is 6.22. The standard InChI is InChI=1S/C18H26ClN3O3S/c1-15-5-6-17(16(19)13-15)26(24,25)22-11-9-20(10-12-22)14-18(23)21-7-3-2-4-8-21/h5-6,13H,2-4,7-12,14H2,1H3. The SMILES string of the molecule is Cc1ccc(S(=O)(=O)N2CCN(CC(=O)N3CCCCC3)CC2)c(Cl)c1. The summed E-state index contributed by atoms with van der Waals surface area (Å²) in [5, 5.41) is 0.257. The molecule has 0 spiro atoms. The second-order valence-corrected chi connectivity index (χ2v) is 9.37. The molecule has 0 radical (unpaired) electrons. The molecule has 2 heterocycles. The Labute approximate surface area is 160 Å². The van der Waals surface area contributed by atoms with Crippen molar-refractivity contribution in [3.63, 3.8) is 0 Å². The molecule has 0 bridgehead atoms. The Morgan fingerprint density at radius 2 is 1.69 bits per heavy atom. The number of carbonyl (C=O) groups excluding carboxylic acids is 1. The van der Waals surface area contributed by atoms with Gasteiger partial charge in [-0.3, -0.25) is 9.69 Å². The van der Waals surface area contributed by atoms with E-state index in [1.807, 2.05) is 16.7 Å². The van der Waals surface area contributed by atoms with Crippen molar-refractivity contribution in [2.75, 3.05) is 45.8 Å². The number of aryl methyl sites for hydroxylation is 1. The lowest BCUT2D eigenvalue weighted by atomic mass is 10.1. The van der Waals surface area contributed by atoms with Gasteiger partial charge in [-0.05, 0) is 43.9 Å². The van der Waals surface area contributed by atoms with E-state index in [0.717, 1.165) is 31.5 Å². The zero-order chi connectivity index (χ0) is 18.7. The van der Waals surface area contributed by atoms with Gasteiger partial charge >= 0.3 is 0 Å². The first-order valence-corrected chi connectivity index (χ1v) is 11.0. The number of halogens is 1. The number of rotatable bonds is 4. The van der Waals surface area contributed by atoms with Crippen LogP contribution in [-0.2, 0) is 14.8 Å². The molecule has 0 N–H and O–H groups in total. The Morgan fingerprint density at radius 1 is 1.04 bits per heavy atom. The lowest BCUT2D eigenvalue weighted by Crippen LogP contribution is -2.51. The van der Waals surface area contributed by atoms with Gasteiger partial charge in [0, 0.05) is 39.3 Å². The molecule has 0 unspecified atom stereocenters. The van der Waals surface area contributed by atoms with Crippen molar-refractivity contribution in [3.8, 4) is 0 Å². The molecular formula is C18H26ClN3O3S. The number of likely N-dealkylation sites (tertiary alicyclic amines) is 1. The van der Waals surface area contributed by atoms with Crippen LogP contribution in [0.4, 0.5) is 0 Å². The molecule has 0 atom stereocenters. The van der Waals surface area contributed by atoms with E-state index >= 15 is 0 Å². The van der Waals surface area contributed by atoms with E-state index in [1.165, 1.54) is 10.7 Å². The molecule has 2 saturated heterocycles. The molecular weight excluding hydrogens is 374 g/mol. The van der Waals surface area contributed by atoms with Gasteiger partial charge in [-0.25, -0.2) is 8.42 Å². The highest BCUT2D eigenvalue weighted by atomic mass is 35.5. The summed E-state index contributed by atoms with van der Waals surface area (Å²) in [5.41, 5.74) is 0.926. The third kappa shape index (κ3) is 4.39. The fourth-order valence-corrected chi connectivity index (χ4v) is 5.51. The van der Waals surface area contributed by atoms with Crippen molar-refractivity contribution in [1.29, 1.82) is 0 Å². The maximum Gasteiger partial charge on any atom is 0.244 e. The minimum absolute atomic E-state index is 0.155. The molecule has 0 aromatic heterocycles. The van der Waals surface area contributed by atoms with Crippen molar-refractivity contribution in [2.45, 2.75) is 31.1 Å². The molecule has 6 nitrogen and oxygen atoms in total. The minimum atomic E-state index is -3.60. The second-order valence-electron chi connectivity index (χ2n) is 7.06. The van der Waals surface area contributed by atoms with E-state index < -0.39 is 10.0 Å². The fourth-order valence-electron chi connectivity index (χ4n) is 3.52. The van der Waals surface area contributed by atoms with E-state index in [2.05, 4.69) is 0 Å². The van der Waals surface area contributed by atoms with Gasteiger partial charge in [-0.1, -0.05) is 17.7 Å². The number of amides is 1. The van der Waals surface area contributed by atoms with E-state index in [4.69, 9.17) is 11.6 Å². The highest BCUT2D eigenvalue weighted by molar-refractivity contribution is 7.89. The number of carbonyl (C=O) groups is 1. The summed E-state index contributed by atoms with van der Waals surface area (Å²) < 4.78 is 27.2. The molecule has 144 valence electrons. The van der Waals surface area contributed by atoms with Crippen molar-refractivity contribution in [2.24, 2.45) is 0 Å². The van der Waals surface area contributed by atoms with Crippen LogP contribution in [0.15, 0.2) is 23.1 Å². The van der Waals surface area contributed by atoms with Crippen LogP contribution in [0.1, 0.15) is 24.8 Å². The number of hydrogen-bond acceptors (Lipinski definition) is 4. The molecule has 2 fully saturated rings. The van der Waals surface area contributed by atoms with Crippen LogP contribution >= 0.6 is 11.6 Å². The molecule has 2 aliphatic rings. The first-order chi connectivity index (χ1) is 12.4. The van der Waals surface area contributed by atoms with E-state index in [0.29, 0.717) is 32.7 Å². The maximum absolute atomic E-state index is 12.8. The highest BCUT2D eigenvalue weighted by Crippen LogP contribution is 2.26. The van der Waals surface area contributed by atoms with Crippen molar-refractivity contribution in [3.05, 3.63) is 28.8 Å². The first kappa shape index (κ1) is 19.6. The maximum atomic E-state index is 12.8. The topological polar surface area (TPSA) is 60.9 Å². The first-order valence-electron chi connectivity index (χ1n) is 9.14. The van der Waals surface area contributed by atoms with Crippen molar-refractivity contribution >= 4 is 27.5 Å². The zero-order valence-electron chi connectivity index (χ0n) is 15.2. The van der Waals surface area contributed by atoms with Gasteiger partial charge < -0.3 is 4.90 Å². The summed E-state index contributed by atoms with van der Waals surface area (Å²) >= 11 is 6.15. The average Bonchev–Trinajstić information content (AvgIpc) is 2.62. The summed E-state index contributed by atoms with van der Waals surface area (Å²) in [7, 11) is -3.60. The lowest BCUT2D eigenvalue weighted by molar-refractivity contribution is -0.133. The predicted molar refractivity (Wildman–Crippen MR) is 102 cm³/mol. The van der Waals surface area contributed by atoms with Crippen LogP contribution in [0.3, 0.4) is 0 Å². The van der Waals surface area contributed by atoms with Gasteiger partial charge in [0.15, 0.2) is 0 Å². The number of piperazine rings is 1. The largest absolute Gasteiger partial charge is 0.342 e. The minimum Gasteiger partial charge on any atom is -0.342 e. The van der Waals surface area contributed by atoms with Crippen LogP contribution in [0.5, 0.6) is 0 Å². The molecule has 0 saturated carbocycles. The van der Waals surface area contributed by atoms with Gasteiger partial charge in [0.05, 0.1) is 11.6 Å². The van der Waals surface area contributed by atoms with Crippen LogP contribution in [-0.4, -0.2) is 74.2 Å². The summed E-state index contributed by atoms with van der Waals surface area (Å²) in [4.78, 5) is 16.5. The fraction of sp³-hybridized carbons (Fsp3) is 0.611. The van der Waals surface area contributed by atoms with Gasteiger partial charge in [0.1, 0.15) is 4.90 Å². The Balaban J connectivity index is 1.58. The van der Waals surface area contributed by atoms with E-state index in [1.54, 1.807) is 18.2 Å². The summed E-state index contributed by atoms with van der Waals surface area (Å²) in [6, 6.07) is 4.99. The molecule has 0 aliphatic carbocycles. The van der Waals surface area contributed by atoms with E-state index in [9.17, 15) is 13.2 Å². The number of sulfonamides is 1. The molecule has 1 amide bonds. The monoisotopic (exact) mass is 399 g/mol. The Morgan fingerprint density at radius 3 is 2.31 bits per heavy atom. The third-order valence-electron chi connectivity index (χ3n) is 5.10. The second kappa shape index (κ2) is 8.25. The quantitative estimate of drug-likeness (QED) is 0.776. The summed E-state index contributed by atoms with van der Waals surface area (Å²) in [5.74, 6) is 0.155. The van der Waals surface area contributed by atoms with Crippen molar-refractivity contribution < 1.29 is 13.2 Å². The predicted octanol–water partition coefficient (Wildman–Crippen LogP) is 1.97. The molecule has 26 heavy (non-hydrogen) atoms. The smallest absolute Gasteiger partial charge is 0.244 e. The zero-order valence-corrected chi connectivity index (χ0v) is 16.7. The van der Waals surface area contributed by atoms with Crippen LogP contribution in [0, 0.1) is 6.92 Å². The van der Waals surface area contributed by atoms with Gasteiger partial charge in [-0.15, -0.1) is 0 Å². The van der Waals surface area contributed by atoms with Crippen LogP contribution in [0.2, 0.25) is 5.02 Å². The number of benzene rings is 1. The molecule has 2 aliphatic heterocycles. The Bertz CT molecular complexity index is 755. The summed E-state index contributed by atoms with van der Waals surface area (Å²) in [6.45, 7) is 5.81. The van der Waals surface area contributed by atoms with Crippen LogP contribution in [0.25, 0.3) is 0 Å². The molecule has 1 aromatic carbocycles. The van der Waals surface area contributed by atoms with Gasteiger partial charge in [0.25, 0.3) is 0 Å². The highest BCUT2D eigenvalue weighted by Gasteiger charge is 2.31. The number of nitrogens with zero attached hydrogens (tertiary/aromatic N) is 3. The lowest BCUT2D eigenvalue weighted by Gasteiger charge is -2.35. The summed E-state index contributed by atoms with van der Waals surface area (Å²) in [6.07, 6.45) is 3.35. The average molecular weight is 400 g/mol. The third-order valence-corrected chi connectivity index (χ3v) is 7.49. The van der Waals surface area contributed by atoms with Gasteiger partial charge in [-0.2, -0.15) is 4.31 Å². The normalized spacial score (nSPS) is 20.3. The number of piperidine rings is 1. The molecule has 1 aromatic rings. The van der Waals surface area contributed by atoms with Crippen LogP contribution < -0.4 is 0 Å².